The smallest absolute Gasteiger partial charge is 0.0221 e. The summed E-state index contributed by atoms with van der Waals surface area (Å²) in [5, 5.41) is 3.66. The first kappa shape index (κ1) is 13.5. The predicted molar refractivity (Wildman–Crippen MR) is 70.3 cm³/mol. The van der Waals surface area contributed by atoms with Crippen molar-refractivity contribution < 1.29 is 0 Å². The Balaban J connectivity index is 2.43. The van der Waals surface area contributed by atoms with Gasteiger partial charge in [-0.3, -0.25) is 4.90 Å². The second-order valence-corrected chi connectivity index (χ2v) is 4.92. The van der Waals surface area contributed by atoms with Crippen molar-refractivity contribution in [3.8, 4) is 11.8 Å². The van der Waals surface area contributed by atoms with Gasteiger partial charge in [-0.2, -0.15) is 0 Å². The third kappa shape index (κ3) is 3.81. The zero-order chi connectivity index (χ0) is 12.0. The zero-order valence-electron chi connectivity index (χ0n) is 11.2. The van der Waals surface area contributed by atoms with E-state index in [0.717, 1.165) is 25.4 Å². The minimum absolute atomic E-state index is 0.652. The minimum atomic E-state index is 0.652. The van der Waals surface area contributed by atoms with Crippen LogP contribution in [-0.4, -0.2) is 36.6 Å². The minimum Gasteiger partial charge on any atom is -0.311 e. The summed E-state index contributed by atoms with van der Waals surface area (Å²) >= 11 is 0. The van der Waals surface area contributed by atoms with Crippen LogP contribution >= 0.6 is 0 Å². The van der Waals surface area contributed by atoms with Gasteiger partial charge in [0.1, 0.15) is 0 Å². The maximum absolute atomic E-state index is 3.66. The summed E-state index contributed by atoms with van der Waals surface area (Å²) in [5.41, 5.74) is 0. The maximum Gasteiger partial charge on any atom is 0.0221 e. The summed E-state index contributed by atoms with van der Waals surface area (Å²) < 4.78 is 0. The molecule has 0 aromatic carbocycles. The molecule has 2 heteroatoms. The van der Waals surface area contributed by atoms with Crippen LogP contribution in [0.1, 0.15) is 40.5 Å². The molecule has 1 aliphatic rings. The van der Waals surface area contributed by atoms with Crippen LogP contribution in [0.25, 0.3) is 0 Å². The van der Waals surface area contributed by atoms with E-state index >= 15 is 0 Å². The van der Waals surface area contributed by atoms with Gasteiger partial charge in [0.05, 0.1) is 0 Å². The average molecular weight is 222 g/mol. The summed E-state index contributed by atoms with van der Waals surface area (Å²) in [6.45, 7) is 12.3. The van der Waals surface area contributed by atoms with Crippen molar-refractivity contribution in [2.75, 3.05) is 19.6 Å². The highest BCUT2D eigenvalue weighted by Gasteiger charge is 2.26. The van der Waals surface area contributed by atoms with Gasteiger partial charge in [0.25, 0.3) is 0 Å². The molecule has 3 unspecified atom stereocenters. The molecule has 0 bridgehead atoms. The number of nitrogens with one attached hydrogen (secondary N) is 1. The maximum atomic E-state index is 3.66. The van der Waals surface area contributed by atoms with E-state index in [0.29, 0.717) is 12.1 Å². The summed E-state index contributed by atoms with van der Waals surface area (Å²) in [6, 6.07) is 1.31. The molecule has 0 aliphatic carbocycles. The van der Waals surface area contributed by atoms with Crippen LogP contribution in [-0.2, 0) is 0 Å². The van der Waals surface area contributed by atoms with Crippen molar-refractivity contribution in [1.29, 1.82) is 0 Å². The Kier molecular flexibility index (Phi) is 5.87. The fourth-order valence-electron chi connectivity index (χ4n) is 2.25. The number of hydrogen-bond acceptors (Lipinski definition) is 2. The third-order valence-electron chi connectivity index (χ3n) is 3.76. The molecule has 1 rings (SSSR count). The Hall–Kier alpha value is -0.520. The molecule has 2 nitrogen and oxygen atoms in total. The molecule has 0 saturated carbocycles. The molecule has 1 aliphatic heterocycles. The monoisotopic (exact) mass is 222 g/mol. The summed E-state index contributed by atoms with van der Waals surface area (Å²) in [6.07, 6.45) is 2.27. The highest BCUT2D eigenvalue weighted by Crippen LogP contribution is 2.15. The van der Waals surface area contributed by atoms with Gasteiger partial charge in [0.15, 0.2) is 0 Å². The lowest BCUT2D eigenvalue weighted by Gasteiger charge is -2.40. The second kappa shape index (κ2) is 6.93. The largest absolute Gasteiger partial charge is 0.311 e. The standard InChI is InChI=1S/C14H26N2/c1-5-7-8-9-16-11-14(12(3)6-2)15-10-13(16)4/h12-15H,6,8-11H2,1-4H3. The molecule has 1 saturated heterocycles. The lowest BCUT2D eigenvalue weighted by Crippen LogP contribution is -2.57. The molecule has 1 N–H and O–H groups in total. The molecule has 0 aromatic heterocycles. The molecule has 92 valence electrons. The van der Waals surface area contributed by atoms with Crippen LogP contribution in [0, 0.1) is 17.8 Å². The van der Waals surface area contributed by atoms with Gasteiger partial charge in [-0.1, -0.05) is 20.3 Å². The van der Waals surface area contributed by atoms with Crippen LogP contribution in [0.5, 0.6) is 0 Å². The number of piperazine rings is 1. The lowest BCUT2D eigenvalue weighted by atomic mass is 9.95. The number of nitrogens with zero attached hydrogens (tertiary/aromatic N) is 1. The fraction of sp³-hybridized carbons (Fsp3) is 0.857. The van der Waals surface area contributed by atoms with E-state index in [9.17, 15) is 0 Å². The molecule has 0 aromatic rings. The quantitative estimate of drug-likeness (QED) is 0.733. The van der Waals surface area contributed by atoms with E-state index in [2.05, 4.69) is 42.8 Å². The zero-order valence-corrected chi connectivity index (χ0v) is 11.2. The Labute approximate surface area is 101 Å². The second-order valence-electron chi connectivity index (χ2n) is 4.92. The molecule has 0 spiro atoms. The van der Waals surface area contributed by atoms with Crippen LogP contribution in [0.3, 0.4) is 0 Å². The molecular formula is C14H26N2. The van der Waals surface area contributed by atoms with Crippen molar-refractivity contribution in [3.05, 3.63) is 0 Å². The topological polar surface area (TPSA) is 15.3 Å². The summed E-state index contributed by atoms with van der Waals surface area (Å²) in [7, 11) is 0. The van der Waals surface area contributed by atoms with Crippen LogP contribution in [0.15, 0.2) is 0 Å². The van der Waals surface area contributed by atoms with E-state index in [1.807, 2.05) is 6.92 Å². The summed E-state index contributed by atoms with van der Waals surface area (Å²) in [5.74, 6) is 6.91. The molecule has 1 fully saturated rings. The SMILES string of the molecule is CC#CCCN1CC(C(C)CC)NCC1C. The average Bonchev–Trinajstić information content (AvgIpc) is 2.31. The van der Waals surface area contributed by atoms with E-state index in [1.54, 1.807) is 0 Å². The van der Waals surface area contributed by atoms with Crippen LogP contribution < -0.4 is 5.32 Å². The van der Waals surface area contributed by atoms with Gasteiger partial charge in [-0.15, -0.1) is 11.8 Å². The fourth-order valence-corrected chi connectivity index (χ4v) is 2.25. The highest BCUT2D eigenvalue weighted by molar-refractivity contribution is 4.96. The Morgan fingerprint density at radius 3 is 2.88 bits per heavy atom. The molecule has 16 heavy (non-hydrogen) atoms. The van der Waals surface area contributed by atoms with E-state index in [1.165, 1.54) is 13.0 Å². The van der Waals surface area contributed by atoms with Gasteiger partial charge in [-0.25, -0.2) is 0 Å². The highest BCUT2D eigenvalue weighted by atomic mass is 15.2. The molecule has 0 amide bonds. The van der Waals surface area contributed by atoms with Gasteiger partial charge in [0.2, 0.25) is 0 Å². The first-order chi connectivity index (χ1) is 7.69. The first-order valence-corrected chi connectivity index (χ1v) is 6.56. The first-order valence-electron chi connectivity index (χ1n) is 6.56. The van der Waals surface area contributed by atoms with Gasteiger partial charge < -0.3 is 5.32 Å². The molecule has 1 heterocycles. The number of hydrogen-bond donors (Lipinski definition) is 1. The van der Waals surface area contributed by atoms with Crippen molar-refractivity contribution in [2.24, 2.45) is 5.92 Å². The van der Waals surface area contributed by atoms with Crippen molar-refractivity contribution in [1.82, 2.24) is 10.2 Å². The van der Waals surface area contributed by atoms with Crippen molar-refractivity contribution >= 4 is 0 Å². The van der Waals surface area contributed by atoms with Crippen LogP contribution in [0.2, 0.25) is 0 Å². The van der Waals surface area contributed by atoms with Crippen molar-refractivity contribution in [2.45, 2.75) is 52.6 Å². The Morgan fingerprint density at radius 1 is 1.50 bits per heavy atom. The normalized spacial score (nSPS) is 28.2. The van der Waals surface area contributed by atoms with Crippen LogP contribution in [0.4, 0.5) is 0 Å². The lowest BCUT2D eigenvalue weighted by molar-refractivity contribution is 0.121. The van der Waals surface area contributed by atoms with Crippen molar-refractivity contribution in [3.63, 3.8) is 0 Å². The molecular weight excluding hydrogens is 196 g/mol. The van der Waals surface area contributed by atoms with E-state index in [4.69, 9.17) is 0 Å². The van der Waals surface area contributed by atoms with Gasteiger partial charge in [0, 0.05) is 38.1 Å². The molecule has 3 atom stereocenters. The van der Waals surface area contributed by atoms with E-state index in [-0.39, 0.29) is 0 Å². The van der Waals surface area contributed by atoms with E-state index < -0.39 is 0 Å². The van der Waals surface area contributed by atoms with Gasteiger partial charge in [-0.05, 0) is 19.8 Å². The Bertz CT molecular complexity index is 251. The third-order valence-corrected chi connectivity index (χ3v) is 3.76. The predicted octanol–water partition coefficient (Wildman–Crippen LogP) is 2.11. The number of rotatable bonds is 4. The van der Waals surface area contributed by atoms with Gasteiger partial charge >= 0.3 is 0 Å². The summed E-state index contributed by atoms with van der Waals surface area (Å²) in [4.78, 5) is 2.58. The molecule has 0 radical (unpaired) electrons. The Morgan fingerprint density at radius 2 is 2.25 bits per heavy atom.